The SMILES string of the molecule is C/C=C(\CC(C)C)C(=O)C(C)(C)N1CCOCC1. The van der Waals surface area contributed by atoms with E-state index in [9.17, 15) is 4.79 Å². The Kier molecular flexibility index (Phi) is 5.54. The Balaban J connectivity index is 2.78. The largest absolute Gasteiger partial charge is 0.379 e. The summed E-state index contributed by atoms with van der Waals surface area (Å²) in [6, 6.07) is 0. The molecular formula is C15H27NO2. The molecule has 0 atom stereocenters. The number of Topliss-reactive ketones (excluding diaryl/α,β-unsaturated/α-hetero) is 1. The summed E-state index contributed by atoms with van der Waals surface area (Å²) in [7, 11) is 0. The molecule has 1 fully saturated rings. The van der Waals surface area contributed by atoms with Crippen LogP contribution in [0.1, 0.15) is 41.0 Å². The normalized spacial score (nSPS) is 19.3. The Labute approximate surface area is 111 Å². The summed E-state index contributed by atoms with van der Waals surface area (Å²) in [4.78, 5) is 14.9. The summed E-state index contributed by atoms with van der Waals surface area (Å²) >= 11 is 0. The van der Waals surface area contributed by atoms with Gasteiger partial charge in [0, 0.05) is 13.1 Å². The molecule has 0 amide bonds. The minimum absolute atomic E-state index is 0.264. The molecule has 0 saturated carbocycles. The third kappa shape index (κ3) is 3.66. The van der Waals surface area contributed by atoms with Crippen molar-refractivity contribution in [3.05, 3.63) is 11.6 Å². The lowest BCUT2D eigenvalue weighted by atomic mass is 9.87. The van der Waals surface area contributed by atoms with Crippen molar-refractivity contribution in [2.24, 2.45) is 5.92 Å². The van der Waals surface area contributed by atoms with Crippen molar-refractivity contribution in [2.75, 3.05) is 26.3 Å². The fraction of sp³-hybridized carbons (Fsp3) is 0.800. The fourth-order valence-corrected chi connectivity index (χ4v) is 2.44. The first kappa shape index (κ1) is 15.4. The van der Waals surface area contributed by atoms with Crippen LogP contribution in [0.5, 0.6) is 0 Å². The van der Waals surface area contributed by atoms with Gasteiger partial charge in [0.25, 0.3) is 0 Å². The van der Waals surface area contributed by atoms with Crippen LogP contribution in [0.2, 0.25) is 0 Å². The molecule has 0 unspecified atom stereocenters. The molecule has 104 valence electrons. The topological polar surface area (TPSA) is 29.5 Å². The van der Waals surface area contributed by atoms with Gasteiger partial charge in [-0.2, -0.15) is 0 Å². The molecule has 0 bridgehead atoms. The summed E-state index contributed by atoms with van der Waals surface area (Å²) in [6.45, 7) is 13.5. The zero-order chi connectivity index (χ0) is 13.8. The first-order chi connectivity index (χ1) is 8.39. The van der Waals surface area contributed by atoms with E-state index in [1.807, 2.05) is 26.8 Å². The van der Waals surface area contributed by atoms with Gasteiger partial charge in [0.2, 0.25) is 0 Å². The number of ether oxygens (including phenoxy) is 1. The maximum Gasteiger partial charge on any atom is 0.178 e. The summed E-state index contributed by atoms with van der Waals surface area (Å²) in [5, 5.41) is 0. The van der Waals surface area contributed by atoms with E-state index in [2.05, 4.69) is 18.7 Å². The fourth-order valence-electron chi connectivity index (χ4n) is 2.44. The highest BCUT2D eigenvalue weighted by Crippen LogP contribution is 2.24. The van der Waals surface area contributed by atoms with Crippen molar-refractivity contribution >= 4 is 5.78 Å². The molecule has 0 aromatic rings. The van der Waals surface area contributed by atoms with Gasteiger partial charge in [-0.25, -0.2) is 0 Å². The Morgan fingerprint density at radius 1 is 1.33 bits per heavy atom. The average molecular weight is 253 g/mol. The monoisotopic (exact) mass is 253 g/mol. The Morgan fingerprint density at radius 2 is 1.89 bits per heavy atom. The van der Waals surface area contributed by atoms with E-state index in [0.717, 1.165) is 38.3 Å². The number of nitrogens with zero attached hydrogens (tertiary/aromatic N) is 1. The van der Waals surface area contributed by atoms with Crippen LogP contribution in [0.25, 0.3) is 0 Å². The van der Waals surface area contributed by atoms with Gasteiger partial charge in [-0.3, -0.25) is 9.69 Å². The first-order valence-electron chi connectivity index (χ1n) is 6.92. The second-order valence-electron chi connectivity index (χ2n) is 5.90. The van der Waals surface area contributed by atoms with E-state index in [1.54, 1.807) is 0 Å². The van der Waals surface area contributed by atoms with Gasteiger partial charge in [-0.1, -0.05) is 19.9 Å². The molecule has 0 spiro atoms. The molecule has 18 heavy (non-hydrogen) atoms. The van der Waals surface area contributed by atoms with Gasteiger partial charge in [0.1, 0.15) is 0 Å². The second kappa shape index (κ2) is 6.48. The smallest absolute Gasteiger partial charge is 0.178 e. The Morgan fingerprint density at radius 3 is 2.33 bits per heavy atom. The van der Waals surface area contributed by atoms with Crippen molar-refractivity contribution in [2.45, 2.75) is 46.6 Å². The lowest BCUT2D eigenvalue weighted by molar-refractivity contribution is -0.128. The van der Waals surface area contributed by atoms with E-state index in [1.165, 1.54) is 0 Å². The van der Waals surface area contributed by atoms with Crippen molar-refractivity contribution < 1.29 is 9.53 Å². The van der Waals surface area contributed by atoms with E-state index < -0.39 is 5.54 Å². The maximum absolute atomic E-state index is 12.7. The van der Waals surface area contributed by atoms with Crippen molar-refractivity contribution in [1.29, 1.82) is 0 Å². The second-order valence-corrected chi connectivity index (χ2v) is 5.90. The van der Waals surface area contributed by atoms with Gasteiger partial charge in [0.05, 0.1) is 18.8 Å². The Bertz CT molecular complexity index is 312. The van der Waals surface area contributed by atoms with E-state index >= 15 is 0 Å². The van der Waals surface area contributed by atoms with Gasteiger partial charge < -0.3 is 4.74 Å². The lowest BCUT2D eigenvalue weighted by Gasteiger charge is -2.40. The predicted molar refractivity (Wildman–Crippen MR) is 74.7 cm³/mol. The number of hydrogen-bond acceptors (Lipinski definition) is 3. The maximum atomic E-state index is 12.7. The number of allylic oxidation sites excluding steroid dienone is 1. The molecule has 3 nitrogen and oxygen atoms in total. The number of hydrogen-bond donors (Lipinski definition) is 0. The zero-order valence-electron chi connectivity index (χ0n) is 12.5. The van der Waals surface area contributed by atoms with Crippen LogP contribution in [-0.4, -0.2) is 42.5 Å². The number of carbonyl (C=O) groups excluding carboxylic acids is 1. The summed E-state index contributed by atoms with van der Waals surface area (Å²) < 4.78 is 5.36. The molecule has 3 heteroatoms. The molecule has 0 aromatic carbocycles. The van der Waals surface area contributed by atoms with Gasteiger partial charge >= 0.3 is 0 Å². The lowest BCUT2D eigenvalue weighted by Crippen LogP contribution is -2.54. The van der Waals surface area contributed by atoms with Crippen LogP contribution in [0.15, 0.2) is 11.6 Å². The minimum atomic E-state index is -0.416. The van der Waals surface area contributed by atoms with Crippen molar-refractivity contribution in [3.8, 4) is 0 Å². The van der Waals surface area contributed by atoms with Crippen molar-refractivity contribution in [1.82, 2.24) is 4.90 Å². The highest BCUT2D eigenvalue weighted by Gasteiger charge is 2.36. The quantitative estimate of drug-likeness (QED) is 0.705. The van der Waals surface area contributed by atoms with Crippen LogP contribution in [0, 0.1) is 5.92 Å². The first-order valence-corrected chi connectivity index (χ1v) is 6.92. The Hall–Kier alpha value is -0.670. The highest BCUT2D eigenvalue weighted by atomic mass is 16.5. The molecule has 1 aliphatic heterocycles. The summed E-state index contributed by atoms with van der Waals surface area (Å²) in [5.74, 6) is 0.779. The molecule has 1 aliphatic rings. The third-order valence-electron chi connectivity index (χ3n) is 3.63. The van der Waals surface area contributed by atoms with E-state index in [4.69, 9.17) is 4.74 Å². The van der Waals surface area contributed by atoms with Gasteiger partial charge in [-0.05, 0) is 38.7 Å². The van der Waals surface area contributed by atoms with E-state index in [-0.39, 0.29) is 5.78 Å². The summed E-state index contributed by atoms with van der Waals surface area (Å²) in [6.07, 6.45) is 2.84. The molecule has 0 N–H and O–H groups in total. The summed E-state index contributed by atoms with van der Waals surface area (Å²) in [5.41, 5.74) is 0.544. The minimum Gasteiger partial charge on any atom is -0.379 e. The number of ketones is 1. The van der Waals surface area contributed by atoms with Crippen LogP contribution < -0.4 is 0 Å². The molecule has 0 radical (unpaired) electrons. The highest BCUT2D eigenvalue weighted by molar-refractivity contribution is 6.02. The molecular weight excluding hydrogens is 226 g/mol. The molecule has 1 rings (SSSR count). The molecule has 0 aliphatic carbocycles. The van der Waals surface area contributed by atoms with Gasteiger partial charge in [0.15, 0.2) is 5.78 Å². The van der Waals surface area contributed by atoms with Crippen LogP contribution in [0.4, 0.5) is 0 Å². The van der Waals surface area contributed by atoms with Crippen LogP contribution >= 0.6 is 0 Å². The average Bonchev–Trinajstić information content (AvgIpc) is 2.36. The van der Waals surface area contributed by atoms with Crippen LogP contribution in [0.3, 0.4) is 0 Å². The number of morpholine rings is 1. The van der Waals surface area contributed by atoms with Crippen molar-refractivity contribution in [3.63, 3.8) is 0 Å². The van der Waals surface area contributed by atoms with Crippen LogP contribution in [-0.2, 0) is 9.53 Å². The van der Waals surface area contributed by atoms with Gasteiger partial charge in [-0.15, -0.1) is 0 Å². The molecule has 0 aromatic heterocycles. The van der Waals surface area contributed by atoms with E-state index in [0.29, 0.717) is 5.92 Å². The number of rotatable bonds is 5. The predicted octanol–water partition coefficient (Wildman–Crippen LogP) is 2.66. The third-order valence-corrected chi connectivity index (χ3v) is 3.63. The molecule has 1 saturated heterocycles. The number of carbonyl (C=O) groups is 1. The molecule has 1 heterocycles. The standard InChI is InChI=1S/C15H27NO2/c1-6-13(11-12(2)3)14(17)15(4,5)16-7-9-18-10-8-16/h6,12H,7-11H2,1-5H3/b13-6+. The zero-order valence-corrected chi connectivity index (χ0v) is 12.5.